The number of hydrogen-bond donors (Lipinski definition) is 1. The molecule has 1 N–H and O–H groups in total. The van der Waals surface area contributed by atoms with Crippen molar-refractivity contribution < 1.29 is 19.0 Å². The lowest BCUT2D eigenvalue weighted by Gasteiger charge is -2.19. The first-order valence-corrected chi connectivity index (χ1v) is 9.90. The molecule has 30 heavy (non-hydrogen) atoms. The monoisotopic (exact) mass is 405 g/mol. The van der Waals surface area contributed by atoms with Gasteiger partial charge in [0.25, 0.3) is 0 Å². The van der Waals surface area contributed by atoms with Gasteiger partial charge < -0.3 is 14.2 Å². The Hall–Kier alpha value is -3.15. The molecular weight excluding hydrogens is 378 g/mol. The van der Waals surface area contributed by atoms with Gasteiger partial charge in [0.15, 0.2) is 17.7 Å². The van der Waals surface area contributed by atoms with Crippen LogP contribution in [0, 0.1) is 0 Å². The van der Waals surface area contributed by atoms with Crippen molar-refractivity contribution in [3.05, 3.63) is 95.6 Å². The summed E-state index contributed by atoms with van der Waals surface area (Å²) >= 11 is 0. The minimum Gasteiger partial charge on any atom is -0.493 e. The van der Waals surface area contributed by atoms with Crippen LogP contribution in [0.5, 0.6) is 11.5 Å². The van der Waals surface area contributed by atoms with Crippen LogP contribution in [-0.2, 0) is 17.8 Å². The summed E-state index contributed by atoms with van der Waals surface area (Å²) in [4.78, 5) is 13.0. The van der Waals surface area contributed by atoms with E-state index in [1.165, 1.54) is 0 Å². The fraction of sp³-hybridized carbons (Fsp3) is 0.240. The fourth-order valence-corrected chi connectivity index (χ4v) is 3.12. The van der Waals surface area contributed by atoms with Gasteiger partial charge in [-0.15, -0.1) is 0 Å². The quantitative estimate of drug-likeness (QED) is 0.382. The van der Waals surface area contributed by atoms with Crippen molar-refractivity contribution >= 4 is 5.78 Å². The first-order chi connectivity index (χ1) is 14.7. The Morgan fingerprint density at radius 2 is 1.50 bits per heavy atom. The molecule has 156 valence electrons. The molecule has 0 aromatic heterocycles. The summed E-state index contributed by atoms with van der Waals surface area (Å²) in [5, 5.41) is 3.26. The number of nitrogens with one attached hydrogen (secondary N) is 1. The molecule has 0 bridgehead atoms. The number of benzene rings is 3. The summed E-state index contributed by atoms with van der Waals surface area (Å²) in [6.45, 7) is 0.931. The molecule has 0 spiro atoms. The third kappa shape index (κ3) is 5.92. The van der Waals surface area contributed by atoms with Gasteiger partial charge in [0.05, 0.1) is 20.8 Å². The maximum absolute atomic E-state index is 13.0. The zero-order chi connectivity index (χ0) is 21.2. The van der Waals surface area contributed by atoms with Crippen LogP contribution in [0.4, 0.5) is 0 Å². The molecule has 0 radical (unpaired) electrons. The van der Waals surface area contributed by atoms with Crippen molar-refractivity contribution in [2.75, 3.05) is 20.8 Å². The van der Waals surface area contributed by atoms with Gasteiger partial charge in [-0.2, -0.15) is 0 Å². The van der Waals surface area contributed by atoms with Gasteiger partial charge in [-0.1, -0.05) is 66.7 Å². The first kappa shape index (κ1) is 21.6. The molecule has 0 saturated heterocycles. The van der Waals surface area contributed by atoms with E-state index in [0.717, 1.165) is 11.1 Å². The van der Waals surface area contributed by atoms with Crippen molar-refractivity contribution in [2.24, 2.45) is 0 Å². The van der Waals surface area contributed by atoms with Gasteiger partial charge in [-0.05, 0) is 29.7 Å². The van der Waals surface area contributed by atoms with E-state index in [0.29, 0.717) is 36.6 Å². The molecule has 3 aromatic carbocycles. The molecule has 0 aliphatic carbocycles. The van der Waals surface area contributed by atoms with Crippen LogP contribution in [0.15, 0.2) is 78.9 Å². The first-order valence-electron chi connectivity index (χ1n) is 9.90. The summed E-state index contributed by atoms with van der Waals surface area (Å²) in [6.07, 6.45) is -0.0130. The molecule has 0 fully saturated rings. The number of ether oxygens (including phenoxy) is 3. The smallest absolute Gasteiger partial charge is 0.206 e. The Morgan fingerprint density at radius 1 is 0.833 bits per heavy atom. The van der Waals surface area contributed by atoms with Crippen molar-refractivity contribution in [1.82, 2.24) is 5.32 Å². The lowest BCUT2D eigenvalue weighted by molar-refractivity contribution is 0.0198. The third-order valence-corrected chi connectivity index (χ3v) is 4.75. The molecule has 5 nitrogen and oxygen atoms in total. The maximum Gasteiger partial charge on any atom is 0.206 e. The van der Waals surface area contributed by atoms with E-state index in [-0.39, 0.29) is 5.78 Å². The Bertz CT molecular complexity index is 928. The van der Waals surface area contributed by atoms with E-state index in [4.69, 9.17) is 14.2 Å². The van der Waals surface area contributed by atoms with E-state index in [1.807, 2.05) is 66.7 Å². The number of hydrogen-bond acceptors (Lipinski definition) is 5. The largest absolute Gasteiger partial charge is 0.493 e. The van der Waals surface area contributed by atoms with E-state index in [9.17, 15) is 4.79 Å². The number of ketones is 1. The van der Waals surface area contributed by atoms with E-state index < -0.39 is 6.23 Å². The SMILES string of the molecule is COc1ccc(CCNC(OCc2ccccc2)C(=O)c2ccccc2)cc1OC. The number of Topliss-reactive ketones (excluding diaryl/α,β-unsaturated/α-hetero) is 1. The van der Waals surface area contributed by atoms with Crippen molar-refractivity contribution in [2.45, 2.75) is 19.3 Å². The number of methoxy groups -OCH3 is 2. The molecule has 3 aromatic rings. The maximum atomic E-state index is 13.0. The molecule has 3 rings (SSSR count). The van der Waals surface area contributed by atoms with Gasteiger partial charge in [-0.3, -0.25) is 10.1 Å². The second-order valence-electron chi connectivity index (χ2n) is 6.80. The highest BCUT2D eigenvalue weighted by Crippen LogP contribution is 2.27. The standard InChI is InChI=1S/C25H27NO4/c1-28-22-14-13-19(17-23(22)29-2)15-16-26-25(24(27)21-11-7-4-8-12-21)30-18-20-9-5-3-6-10-20/h3-14,17,25-26H,15-16,18H2,1-2H3. The average molecular weight is 405 g/mol. The Kier molecular flexibility index (Phi) is 8.01. The van der Waals surface area contributed by atoms with Gasteiger partial charge >= 0.3 is 0 Å². The number of carbonyl (C=O) groups is 1. The highest BCUT2D eigenvalue weighted by molar-refractivity contribution is 5.99. The van der Waals surface area contributed by atoms with Gasteiger partial charge in [0, 0.05) is 12.1 Å². The molecule has 0 aliphatic rings. The van der Waals surface area contributed by atoms with Crippen LogP contribution < -0.4 is 14.8 Å². The van der Waals surface area contributed by atoms with Crippen LogP contribution in [0.1, 0.15) is 21.5 Å². The van der Waals surface area contributed by atoms with Gasteiger partial charge in [-0.25, -0.2) is 0 Å². The highest BCUT2D eigenvalue weighted by Gasteiger charge is 2.20. The lowest BCUT2D eigenvalue weighted by Crippen LogP contribution is -2.40. The Labute approximate surface area is 177 Å². The van der Waals surface area contributed by atoms with Crippen molar-refractivity contribution in [3.8, 4) is 11.5 Å². The highest BCUT2D eigenvalue weighted by atomic mass is 16.5. The summed E-state index contributed by atoms with van der Waals surface area (Å²) in [5.41, 5.74) is 2.72. The van der Waals surface area contributed by atoms with Crippen LogP contribution in [0.3, 0.4) is 0 Å². The molecular formula is C25H27NO4. The van der Waals surface area contributed by atoms with Crippen LogP contribution in [-0.4, -0.2) is 32.8 Å². The zero-order valence-corrected chi connectivity index (χ0v) is 17.3. The fourth-order valence-electron chi connectivity index (χ4n) is 3.12. The normalized spacial score (nSPS) is 11.7. The third-order valence-electron chi connectivity index (χ3n) is 4.75. The Balaban J connectivity index is 1.65. The Morgan fingerprint density at radius 3 is 2.17 bits per heavy atom. The minimum atomic E-state index is -0.729. The second-order valence-corrected chi connectivity index (χ2v) is 6.80. The second kappa shape index (κ2) is 11.1. The summed E-state index contributed by atoms with van der Waals surface area (Å²) < 4.78 is 16.6. The minimum absolute atomic E-state index is 0.0844. The summed E-state index contributed by atoms with van der Waals surface area (Å²) in [6, 6.07) is 24.8. The predicted octanol–water partition coefficient (Wildman–Crippen LogP) is 4.26. The molecule has 1 unspecified atom stereocenters. The average Bonchev–Trinajstić information content (AvgIpc) is 2.81. The molecule has 5 heteroatoms. The van der Waals surface area contributed by atoms with E-state index in [1.54, 1.807) is 26.4 Å². The van der Waals surface area contributed by atoms with E-state index in [2.05, 4.69) is 5.32 Å². The van der Waals surface area contributed by atoms with Crippen LogP contribution in [0.25, 0.3) is 0 Å². The summed E-state index contributed by atoms with van der Waals surface area (Å²) in [7, 11) is 3.23. The van der Waals surface area contributed by atoms with Crippen molar-refractivity contribution in [1.29, 1.82) is 0 Å². The molecule has 0 amide bonds. The van der Waals surface area contributed by atoms with Gasteiger partial charge in [0.1, 0.15) is 0 Å². The van der Waals surface area contributed by atoms with Crippen molar-refractivity contribution in [3.63, 3.8) is 0 Å². The summed E-state index contributed by atoms with van der Waals surface area (Å²) in [5.74, 6) is 1.30. The number of carbonyl (C=O) groups excluding carboxylic acids is 1. The molecule has 0 saturated carbocycles. The topological polar surface area (TPSA) is 56.8 Å². The molecule has 1 atom stereocenters. The lowest BCUT2D eigenvalue weighted by atomic mass is 10.1. The van der Waals surface area contributed by atoms with Gasteiger partial charge in [0.2, 0.25) is 5.78 Å². The predicted molar refractivity (Wildman–Crippen MR) is 117 cm³/mol. The molecule has 0 aliphatic heterocycles. The molecule has 0 heterocycles. The van der Waals surface area contributed by atoms with Crippen LogP contribution in [0.2, 0.25) is 0 Å². The number of rotatable bonds is 11. The van der Waals surface area contributed by atoms with E-state index >= 15 is 0 Å². The van der Waals surface area contributed by atoms with Crippen LogP contribution >= 0.6 is 0 Å². The zero-order valence-electron chi connectivity index (χ0n) is 17.3.